The lowest BCUT2D eigenvalue weighted by Gasteiger charge is -2.43. The van der Waals surface area contributed by atoms with Crippen LogP contribution in [0.4, 0.5) is 0 Å². The van der Waals surface area contributed by atoms with Crippen molar-refractivity contribution < 1.29 is 14.6 Å². The van der Waals surface area contributed by atoms with Crippen LogP contribution in [0, 0.1) is 0 Å². The largest absolute Gasteiger partial charge is 0.484 e. The van der Waals surface area contributed by atoms with Crippen LogP contribution in [0.5, 0.6) is 5.75 Å². The smallest absolute Gasteiger partial charge is 0.223 e. The zero-order valence-corrected chi connectivity index (χ0v) is 13.3. The fraction of sp³-hybridized carbons (Fsp3) is 0.615. The third-order valence-electron chi connectivity index (χ3n) is 3.79. The van der Waals surface area contributed by atoms with Crippen molar-refractivity contribution in [3.63, 3.8) is 0 Å². The van der Waals surface area contributed by atoms with E-state index in [2.05, 4.69) is 15.9 Å². The van der Waals surface area contributed by atoms with Gasteiger partial charge in [0.25, 0.3) is 0 Å². The summed E-state index contributed by atoms with van der Waals surface area (Å²) in [6.07, 6.45) is 0.727. The summed E-state index contributed by atoms with van der Waals surface area (Å²) in [5.74, 6) is 0.897. The highest BCUT2D eigenvalue weighted by atomic mass is 79.9. The molecule has 0 radical (unpaired) electrons. The zero-order chi connectivity index (χ0) is 13.8. The van der Waals surface area contributed by atoms with E-state index < -0.39 is 11.7 Å². The predicted octanol–water partition coefficient (Wildman–Crippen LogP) is 2.71. The Morgan fingerprint density at radius 1 is 1.58 bits per heavy atom. The van der Waals surface area contributed by atoms with Crippen LogP contribution in [-0.4, -0.2) is 34.2 Å². The molecule has 4 nitrogen and oxygen atoms in total. The average molecular weight is 346 g/mol. The number of rotatable bonds is 1. The maximum absolute atomic E-state index is 12.0. The monoisotopic (exact) mass is 345 g/mol. The molecule has 0 aliphatic carbocycles. The van der Waals surface area contributed by atoms with E-state index in [1.807, 2.05) is 19.9 Å². The lowest BCUT2D eigenvalue weighted by atomic mass is 9.90. The summed E-state index contributed by atoms with van der Waals surface area (Å²) >= 11 is 4.98. The average Bonchev–Trinajstić information content (AvgIpc) is 2.86. The van der Waals surface area contributed by atoms with E-state index in [0.29, 0.717) is 13.0 Å². The molecule has 1 amide bonds. The number of amides is 1. The molecule has 1 N–H and O–H groups in total. The third kappa shape index (κ3) is 2.10. The van der Waals surface area contributed by atoms with E-state index in [-0.39, 0.29) is 11.9 Å². The molecule has 3 heterocycles. The fourth-order valence-corrected chi connectivity index (χ4v) is 4.47. The fourth-order valence-electron chi connectivity index (χ4n) is 2.79. The van der Waals surface area contributed by atoms with E-state index in [9.17, 15) is 9.90 Å². The Bertz CT molecular complexity index is 528. The van der Waals surface area contributed by atoms with Crippen LogP contribution in [0.15, 0.2) is 9.85 Å². The molecule has 2 aliphatic heterocycles. The molecule has 0 aromatic carbocycles. The molecular formula is C13H16BrNO3S. The van der Waals surface area contributed by atoms with Crippen molar-refractivity contribution in [3.05, 3.63) is 14.7 Å². The topological polar surface area (TPSA) is 49.8 Å². The normalized spacial score (nSPS) is 29.3. The quantitative estimate of drug-likeness (QED) is 0.851. The van der Waals surface area contributed by atoms with Crippen molar-refractivity contribution in [1.82, 2.24) is 4.90 Å². The number of nitrogens with zero attached hydrogens (tertiary/aromatic N) is 1. The number of fused-ring (bicyclic) bond motifs is 1. The summed E-state index contributed by atoms with van der Waals surface area (Å²) in [5, 5.41) is 10.6. The van der Waals surface area contributed by atoms with Gasteiger partial charge in [0.1, 0.15) is 17.5 Å². The van der Waals surface area contributed by atoms with E-state index in [1.54, 1.807) is 4.90 Å². The molecule has 1 aromatic heterocycles. The van der Waals surface area contributed by atoms with E-state index in [0.717, 1.165) is 20.8 Å². The van der Waals surface area contributed by atoms with Gasteiger partial charge in [-0.1, -0.05) is 0 Å². The highest BCUT2D eigenvalue weighted by molar-refractivity contribution is 9.11. The van der Waals surface area contributed by atoms with Crippen molar-refractivity contribution >= 4 is 33.2 Å². The van der Waals surface area contributed by atoms with Gasteiger partial charge in [0.2, 0.25) is 5.91 Å². The van der Waals surface area contributed by atoms with Gasteiger partial charge in [0, 0.05) is 19.0 Å². The number of aliphatic hydroxyl groups is 1. The number of thiophene rings is 1. The predicted molar refractivity (Wildman–Crippen MR) is 76.4 cm³/mol. The number of hydrogen-bond donors (Lipinski definition) is 1. The summed E-state index contributed by atoms with van der Waals surface area (Å²) in [4.78, 5) is 14.8. The molecule has 3 rings (SSSR count). The SMILES string of the molecule is CC1(C)Oc2cc(Br)sc2[C@@H](N2CCCC2=O)[C@@H]1O. The van der Waals surface area contributed by atoms with E-state index >= 15 is 0 Å². The Labute approximate surface area is 124 Å². The number of carbonyl (C=O) groups is 1. The first-order valence-corrected chi connectivity index (χ1v) is 7.97. The molecule has 6 heteroatoms. The first-order chi connectivity index (χ1) is 8.90. The summed E-state index contributed by atoms with van der Waals surface area (Å²) < 4.78 is 6.83. The Hall–Kier alpha value is -0.590. The summed E-state index contributed by atoms with van der Waals surface area (Å²) in [6.45, 7) is 4.44. The van der Waals surface area contributed by atoms with Gasteiger partial charge in [-0.05, 0) is 36.2 Å². The molecule has 19 heavy (non-hydrogen) atoms. The molecule has 0 saturated carbocycles. The molecule has 2 atom stereocenters. The Balaban J connectivity index is 2.07. The summed E-state index contributed by atoms with van der Waals surface area (Å²) in [6, 6.07) is 1.63. The summed E-state index contributed by atoms with van der Waals surface area (Å²) in [5.41, 5.74) is -0.693. The van der Waals surface area contributed by atoms with Crippen LogP contribution in [-0.2, 0) is 4.79 Å². The molecule has 2 aliphatic rings. The number of hydrogen-bond acceptors (Lipinski definition) is 4. The third-order valence-corrected chi connectivity index (χ3v) is 5.48. The maximum Gasteiger partial charge on any atom is 0.223 e. The molecule has 1 saturated heterocycles. The number of aliphatic hydroxyl groups excluding tert-OH is 1. The van der Waals surface area contributed by atoms with Crippen LogP contribution in [0.2, 0.25) is 0 Å². The van der Waals surface area contributed by atoms with E-state index in [1.165, 1.54) is 11.3 Å². The number of halogens is 1. The van der Waals surface area contributed by atoms with Gasteiger partial charge in [-0.3, -0.25) is 4.79 Å². The van der Waals surface area contributed by atoms with Crippen LogP contribution in [0.3, 0.4) is 0 Å². The minimum atomic E-state index is -0.715. The first kappa shape index (κ1) is 13.4. The van der Waals surface area contributed by atoms with Gasteiger partial charge in [-0.25, -0.2) is 0 Å². The van der Waals surface area contributed by atoms with E-state index in [4.69, 9.17) is 4.74 Å². The minimum absolute atomic E-state index is 0.122. The zero-order valence-electron chi connectivity index (χ0n) is 10.9. The lowest BCUT2D eigenvalue weighted by Crippen LogP contribution is -2.53. The van der Waals surface area contributed by atoms with Crippen molar-refractivity contribution in [2.24, 2.45) is 0 Å². The Kier molecular flexibility index (Phi) is 3.15. The second kappa shape index (κ2) is 4.46. The van der Waals surface area contributed by atoms with Gasteiger partial charge in [0.15, 0.2) is 0 Å². The standard InChI is InChI=1S/C13H16BrNO3S/c1-13(2)12(17)10(15-5-3-4-9(15)16)11-7(18-13)6-8(14)19-11/h6,10,12,17H,3-5H2,1-2H3/t10-,12+/m1/s1. The van der Waals surface area contributed by atoms with Crippen LogP contribution >= 0.6 is 27.3 Å². The molecule has 0 bridgehead atoms. The van der Waals surface area contributed by atoms with Gasteiger partial charge >= 0.3 is 0 Å². The Morgan fingerprint density at radius 2 is 2.32 bits per heavy atom. The second-order valence-electron chi connectivity index (χ2n) is 5.56. The maximum atomic E-state index is 12.0. The van der Waals surface area contributed by atoms with Gasteiger partial charge in [-0.15, -0.1) is 11.3 Å². The molecular weight excluding hydrogens is 330 g/mol. The van der Waals surface area contributed by atoms with Crippen molar-refractivity contribution in [2.45, 2.75) is 44.4 Å². The van der Waals surface area contributed by atoms with Gasteiger partial charge in [0.05, 0.1) is 14.7 Å². The summed E-state index contributed by atoms with van der Waals surface area (Å²) in [7, 11) is 0. The van der Waals surface area contributed by atoms with Gasteiger partial charge < -0.3 is 14.7 Å². The van der Waals surface area contributed by atoms with Gasteiger partial charge in [-0.2, -0.15) is 0 Å². The number of likely N-dealkylation sites (tertiary alicyclic amines) is 1. The van der Waals surface area contributed by atoms with Crippen LogP contribution in [0.25, 0.3) is 0 Å². The number of ether oxygens (including phenoxy) is 1. The minimum Gasteiger partial charge on any atom is -0.484 e. The molecule has 104 valence electrons. The highest BCUT2D eigenvalue weighted by Gasteiger charge is 2.48. The second-order valence-corrected chi connectivity index (χ2v) is 8.03. The van der Waals surface area contributed by atoms with Crippen LogP contribution < -0.4 is 4.74 Å². The van der Waals surface area contributed by atoms with Crippen molar-refractivity contribution in [2.75, 3.05) is 6.54 Å². The Morgan fingerprint density at radius 3 is 2.95 bits per heavy atom. The first-order valence-electron chi connectivity index (χ1n) is 6.36. The highest BCUT2D eigenvalue weighted by Crippen LogP contribution is 2.49. The molecule has 0 spiro atoms. The molecule has 0 unspecified atom stereocenters. The lowest BCUT2D eigenvalue weighted by molar-refractivity contribution is -0.139. The van der Waals surface area contributed by atoms with Crippen molar-refractivity contribution in [3.8, 4) is 5.75 Å². The number of carbonyl (C=O) groups excluding carboxylic acids is 1. The van der Waals surface area contributed by atoms with Crippen molar-refractivity contribution in [1.29, 1.82) is 0 Å². The molecule has 1 fully saturated rings. The van der Waals surface area contributed by atoms with Crippen LogP contribution in [0.1, 0.15) is 37.6 Å². The molecule has 1 aromatic rings.